The highest BCUT2D eigenvalue weighted by Gasteiger charge is 2.36. The van der Waals surface area contributed by atoms with Gasteiger partial charge in [0.15, 0.2) is 5.69 Å². The molecule has 218 valence electrons. The Balaban J connectivity index is 1.46. The second-order valence-electron chi connectivity index (χ2n) is 10.2. The van der Waals surface area contributed by atoms with Gasteiger partial charge >= 0.3 is 12.7 Å². The normalized spacial score (nSPS) is 16.1. The van der Waals surface area contributed by atoms with Gasteiger partial charge in [-0.25, -0.2) is 19.9 Å². The first-order valence-electron chi connectivity index (χ1n) is 13.1. The number of halogens is 5. The summed E-state index contributed by atoms with van der Waals surface area (Å²) in [6.45, 7) is 1.11. The Morgan fingerprint density at radius 3 is 2.49 bits per heavy atom. The number of anilines is 1. The first-order chi connectivity index (χ1) is 19.5. The summed E-state index contributed by atoms with van der Waals surface area (Å²) in [6.07, 6.45) is 1.21. The molecule has 0 unspecified atom stereocenters. The van der Waals surface area contributed by atoms with Crippen molar-refractivity contribution in [3.63, 3.8) is 0 Å². The highest BCUT2D eigenvalue weighted by atomic mass is 19.4. The fourth-order valence-corrected chi connectivity index (χ4v) is 4.91. The summed E-state index contributed by atoms with van der Waals surface area (Å²) in [4.78, 5) is 18.6. The van der Waals surface area contributed by atoms with E-state index >= 15 is 0 Å². The third-order valence-corrected chi connectivity index (χ3v) is 7.09. The van der Waals surface area contributed by atoms with Crippen molar-refractivity contribution in [2.75, 3.05) is 25.1 Å². The van der Waals surface area contributed by atoms with Gasteiger partial charge in [-0.1, -0.05) is 0 Å². The Hall–Kier alpha value is -4.10. The molecule has 0 spiro atoms. The summed E-state index contributed by atoms with van der Waals surface area (Å²) in [7, 11) is 1.43. The molecular weight excluding hydrogens is 547 g/mol. The third kappa shape index (κ3) is 5.86. The molecule has 41 heavy (non-hydrogen) atoms. The number of hydrogen-bond acceptors (Lipinski definition) is 8. The van der Waals surface area contributed by atoms with Gasteiger partial charge in [-0.2, -0.15) is 22.0 Å². The molecule has 0 aromatic carbocycles. The van der Waals surface area contributed by atoms with Crippen molar-refractivity contribution in [3.8, 4) is 17.3 Å². The number of rotatable bonds is 9. The second-order valence-corrected chi connectivity index (χ2v) is 10.2. The summed E-state index contributed by atoms with van der Waals surface area (Å²) in [5, 5.41) is 11.3. The predicted octanol–water partition coefficient (Wildman–Crippen LogP) is 5.57. The number of ether oxygens (including phenoxy) is 1. The molecule has 3 aromatic heterocycles. The quantitative estimate of drug-likeness (QED) is 0.195. The van der Waals surface area contributed by atoms with Crippen LogP contribution in [0.4, 0.5) is 27.8 Å². The molecule has 1 aliphatic heterocycles. The minimum atomic E-state index is -4.58. The molecule has 0 bridgehead atoms. The average molecular weight is 577 g/mol. The molecule has 1 fully saturated rings. The highest BCUT2D eigenvalue weighted by molar-refractivity contribution is 6.14. The van der Waals surface area contributed by atoms with Crippen LogP contribution in [0.15, 0.2) is 42.1 Å². The van der Waals surface area contributed by atoms with E-state index in [-0.39, 0.29) is 48.0 Å². The highest BCUT2D eigenvalue weighted by Crippen LogP contribution is 2.43. The number of nitrogens with one attached hydrogen (secondary N) is 2. The van der Waals surface area contributed by atoms with Crippen molar-refractivity contribution in [1.82, 2.24) is 29.8 Å². The lowest BCUT2D eigenvalue weighted by molar-refractivity contribution is -0.140. The second kappa shape index (κ2) is 11.1. The number of methoxy groups -OCH3 is 1. The first-order valence-corrected chi connectivity index (χ1v) is 13.1. The lowest BCUT2D eigenvalue weighted by Crippen LogP contribution is -2.39. The van der Waals surface area contributed by atoms with Crippen LogP contribution in [-0.2, 0) is 6.18 Å². The smallest absolute Gasteiger partial charge is 0.434 e. The van der Waals surface area contributed by atoms with Gasteiger partial charge < -0.3 is 19.5 Å². The maximum absolute atomic E-state index is 13.4. The van der Waals surface area contributed by atoms with Crippen LogP contribution >= 0.6 is 0 Å². The Labute approximate surface area is 233 Å². The van der Waals surface area contributed by atoms with E-state index in [1.54, 1.807) is 26.0 Å². The standard InChI is InChI=1S/C27H29F5N8O/c1-14(2)40-12-19(27(30,31)32)38-24(40)16-6-7-20(34-10-16)39-9-8-18(37-26(28)29)17(11-39)22(33)21-23(15-4-5-15)35-13-36-25(21)41-3/h6-7,10,12-15,26,33,37H,4-5,8-9,11H2,1-3H3. The van der Waals surface area contributed by atoms with Gasteiger partial charge in [0.2, 0.25) is 5.88 Å². The maximum Gasteiger partial charge on any atom is 0.434 e. The molecule has 14 heteroatoms. The Bertz CT molecular complexity index is 1460. The van der Waals surface area contributed by atoms with Crippen molar-refractivity contribution in [1.29, 1.82) is 5.41 Å². The van der Waals surface area contributed by atoms with Crippen LogP contribution < -0.4 is 15.0 Å². The Morgan fingerprint density at radius 2 is 1.90 bits per heavy atom. The predicted molar refractivity (Wildman–Crippen MR) is 141 cm³/mol. The summed E-state index contributed by atoms with van der Waals surface area (Å²) in [5.74, 6) is 0.973. The lowest BCUT2D eigenvalue weighted by atomic mass is 9.94. The van der Waals surface area contributed by atoms with Gasteiger partial charge in [0.25, 0.3) is 0 Å². The van der Waals surface area contributed by atoms with Crippen LogP contribution in [0.25, 0.3) is 11.4 Å². The number of hydrogen-bond donors (Lipinski definition) is 2. The van der Waals surface area contributed by atoms with E-state index in [0.717, 1.165) is 19.0 Å². The summed E-state index contributed by atoms with van der Waals surface area (Å²) in [5.41, 5.74) is 1.02. The van der Waals surface area contributed by atoms with Gasteiger partial charge in [0, 0.05) is 60.7 Å². The van der Waals surface area contributed by atoms with E-state index in [1.165, 1.54) is 24.2 Å². The number of imidazole rings is 1. The van der Waals surface area contributed by atoms with Gasteiger partial charge in [0.1, 0.15) is 18.0 Å². The maximum atomic E-state index is 13.4. The molecular formula is C27H29F5N8O. The Morgan fingerprint density at radius 1 is 1.15 bits per heavy atom. The van der Waals surface area contributed by atoms with Crippen molar-refractivity contribution in [2.24, 2.45) is 0 Å². The van der Waals surface area contributed by atoms with Crippen LogP contribution in [0.5, 0.6) is 5.88 Å². The summed E-state index contributed by atoms with van der Waals surface area (Å²) in [6, 6.07) is 3.01. The van der Waals surface area contributed by atoms with Crippen molar-refractivity contribution in [3.05, 3.63) is 59.1 Å². The zero-order valence-corrected chi connectivity index (χ0v) is 22.6. The molecule has 2 N–H and O–H groups in total. The minimum absolute atomic E-state index is 0.00698. The summed E-state index contributed by atoms with van der Waals surface area (Å²) < 4.78 is 73.8. The molecule has 0 saturated heterocycles. The van der Waals surface area contributed by atoms with E-state index in [0.29, 0.717) is 34.8 Å². The lowest BCUT2D eigenvalue weighted by Gasteiger charge is -2.32. The molecule has 0 amide bonds. The van der Waals surface area contributed by atoms with Gasteiger partial charge in [-0.3, -0.25) is 5.41 Å². The molecule has 9 nitrogen and oxygen atoms in total. The monoisotopic (exact) mass is 576 g/mol. The molecule has 0 atom stereocenters. The van der Waals surface area contributed by atoms with Gasteiger partial charge in [-0.15, -0.1) is 0 Å². The van der Waals surface area contributed by atoms with Gasteiger partial charge in [0.05, 0.1) is 24.1 Å². The van der Waals surface area contributed by atoms with Crippen molar-refractivity contribution < 1.29 is 26.7 Å². The number of nitrogens with zero attached hydrogens (tertiary/aromatic N) is 6. The number of pyridine rings is 1. The molecule has 0 radical (unpaired) electrons. The Kier molecular flexibility index (Phi) is 7.66. The number of aromatic nitrogens is 5. The molecule has 4 heterocycles. The van der Waals surface area contributed by atoms with E-state index < -0.39 is 18.4 Å². The van der Waals surface area contributed by atoms with Crippen LogP contribution in [-0.4, -0.2) is 57.0 Å². The van der Waals surface area contributed by atoms with E-state index in [9.17, 15) is 22.0 Å². The SMILES string of the molecule is COc1ncnc(C2CC2)c1C(=N)C1=C(NC(F)F)CCN(c2ccc(-c3nc(C(F)(F)F)cn3C(C)C)cn2)C1. The first kappa shape index (κ1) is 28.4. The van der Waals surface area contributed by atoms with Crippen LogP contribution in [0.1, 0.15) is 62.0 Å². The fourth-order valence-electron chi connectivity index (χ4n) is 4.91. The van der Waals surface area contributed by atoms with Crippen molar-refractivity contribution >= 4 is 11.5 Å². The average Bonchev–Trinajstić information content (AvgIpc) is 3.68. The van der Waals surface area contributed by atoms with Crippen LogP contribution in [0.2, 0.25) is 0 Å². The van der Waals surface area contributed by atoms with Gasteiger partial charge in [-0.05, 0) is 38.8 Å². The van der Waals surface area contributed by atoms with E-state index in [1.807, 2.05) is 4.90 Å². The molecule has 5 rings (SSSR count). The molecule has 3 aromatic rings. The molecule has 1 saturated carbocycles. The largest absolute Gasteiger partial charge is 0.480 e. The topological polar surface area (TPSA) is 105 Å². The molecule has 2 aliphatic rings. The van der Waals surface area contributed by atoms with Crippen LogP contribution in [0, 0.1) is 5.41 Å². The van der Waals surface area contributed by atoms with Crippen LogP contribution in [0.3, 0.4) is 0 Å². The zero-order chi connectivity index (χ0) is 29.5. The van der Waals surface area contributed by atoms with Crippen molar-refractivity contribution in [2.45, 2.75) is 57.8 Å². The van der Waals surface area contributed by atoms with E-state index in [2.05, 4.69) is 25.3 Å². The fraction of sp³-hybridized carbons (Fsp3) is 0.444. The van der Waals surface area contributed by atoms with E-state index in [4.69, 9.17) is 10.1 Å². The third-order valence-electron chi connectivity index (χ3n) is 7.09. The summed E-state index contributed by atoms with van der Waals surface area (Å²) >= 11 is 0. The number of alkyl halides is 5. The minimum Gasteiger partial charge on any atom is -0.480 e. The zero-order valence-electron chi connectivity index (χ0n) is 22.6. The molecule has 1 aliphatic carbocycles.